The Kier molecular flexibility index (Phi) is 10.1. The highest BCUT2D eigenvalue weighted by Gasteiger charge is 1.81. The molecule has 0 aliphatic heterocycles. The summed E-state index contributed by atoms with van der Waals surface area (Å²) in [5, 5.41) is 0. The van der Waals surface area contributed by atoms with Gasteiger partial charge in [0.2, 0.25) is 0 Å². The second-order valence-electron chi connectivity index (χ2n) is 1.82. The van der Waals surface area contributed by atoms with Crippen molar-refractivity contribution in [3.05, 3.63) is 12.7 Å². The summed E-state index contributed by atoms with van der Waals surface area (Å²) in [6.45, 7) is 6.88. The molecule has 60 valence electrons. The van der Waals surface area contributed by atoms with Gasteiger partial charge in [-0.2, -0.15) is 0 Å². The van der Waals surface area contributed by atoms with Crippen LogP contribution < -0.4 is 0 Å². The average molecular weight is 162 g/mol. The fraction of sp³-hybridized carbons (Fsp3) is 0.500. The summed E-state index contributed by atoms with van der Waals surface area (Å²) in [7, 11) is 0.171. The fourth-order valence-corrected chi connectivity index (χ4v) is 0.0833. The first-order valence-corrected chi connectivity index (χ1v) is 5.75. The molecule has 0 bridgehead atoms. The first-order valence-electron chi connectivity index (χ1n) is 2.93. The lowest BCUT2D eigenvalue weighted by molar-refractivity contribution is -0.134. The topological polar surface area (TPSA) is 46.5 Å². The van der Waals surface area contributed by atoms with Gasteiger partial charge in [-0.15, -0.1) is 0 Å². The van der Waals surface area contributed by atoms with Gasteiger partial charge >= 0.3 is 5.97 Å². The molecule has 0 aromatic rings. The normalized spacial score (nSPS) is 7.70. The second-order valence-corrected chi connectivity index (χ2v) is 4.01. The average Bonchev–Trinajstić information content (AvgIpc) is 1.85. The summed E-state index contributed by atoms with van der Waals surface area (Å²) in [4.78, 5) is 18.0. The van der Waals surface area contributed by atoms with Crippen molar-refractivity contribution in [1.29, 1.82) is 0 Å². The number of esters is 1. The molecular formula is C6H14O3Si. The Balaban J connectivity index is 0. The summed E-state index contributed by atoms with van der Waals surface area (Å²) in [6.07, 6.45) is 1.11. The third kappa shape index (κ3) is 26.3. The third-order valence-corrected chi connectivity index (χ3v) is 0.368. The van der Waals surface area contributed by atoms with Gasteiger partial charge < -0.3 is 9.53 Å². The van der Waals surface area contributed by atoms with Gasteiger partial charge in [-0.05, 0) is 13.1 Å². The van der Waals surface area contributed by atoms with Crippen molar-refractivity contribution in [3.8, 4) is 0 Å². The molecule has 0 aromatic carbocycles. The summed E-state index contributed by atoms with van der Waals surface area (Å²) >= 11 is 0. The number of hydrogen-bond acceptors (Lipinski definition) is 3. The molecule has 1 N–H and O–H groups in total. The molecule has 0 radical (unpaired) electrons. The number of methoxy groups -OCH3 is 1. The lowest BCUT2D eigenvalue weighted by Gasteiger charge is -1.83. The maximum atomic E-state index is 9.84. The Hall–Kier alpha value is -0.613. The smallest absolute Gasteiger partial charge is 0.329 e. The van der Waals surface area contributed by atoms with Crippen LogP contribution in [0, 0.1) is 0 Å². The van der Waals surface area contributed by atoms with Crippen molar-refractivity contribution in [1.82, 2.24) is 0 Å². The number of hydrogen-bond donors (Lipinski definition) is 1. The van der Waals surface area contributed by atoms with E-state index in [9.17, 15) is 4.79 Å². The van der Waals surface area contributed by atoms with E-state index < -0.39 is 15.0 Å². The van der Waals surface area contributed by atoms with Crippen molar-refractivity contribution < 1.29 is 14.3 Å². The molecule has 4 heteroatoms. The van der Waals surface area contributed by atoms with Gasteiger partial charge in [0.15, 0.2) is 9.04 Å². The molecule has 0 rings (SSSR count). The van der Waals surface area contributed by atoms with E-state index in [0.29, 0.717) is 0 Å². The molecule has 0 atom stereocenters. The molecular weight excluding hydrogens is 148 g/mol. The minimum absolute atomic E-state index is 0.394. The van der Waals surface area contributed by atoms with E-state index in [0.717, 1.165) is 6.08 Å². The van der Waals surface area contributed by atoms with E-state index in [1.807, 2.05) is 13.1 Å². The van der Waals surface area contributed by atoms with Gasteiger partial charge in [0.05, 0.1) is 7.11 Å². The number of ether oxygens (including phenoxy) is 1. The molecule has 0 spiro atoms. The van der Waals surface area contributed by atoms with Crippen LogP contribution in [0.4, 0.5) is 0 Å². The summed E-state index contributed by atoms with van der Waals surface area (Å²) in [5.74, 6) is -0.394. The van der Waals surface area contributed by atoms with Crippen LogP contribution in [0.15, 0.2) is 12.7 Å². The quantitative estimate of drug-likeness (QED) is 0.343. The van der Waals surface area contributed by atoms with Crippen molar-refractivity contribution in [2.24, 2.45) is 0 Å². The molecule has 0 aliphatic carbocycles. The lowest BCUT2D eigenvalue weighted by Crippen LogP contribution is -1.93. The van der Waals surface area contributed by atoms with Crippen LogP contribution in [-0.4, -0.2) is 26.9 Å². The Labute approximate surface area is 63.1 Å². The zero-order valence-electron chi connectivity index (χ0n) is 6.63. The van der Waals surface area contributed by atoms with Crippen LogP contribution >= 0.6 is 0 Å². The standard InChI is InChI=1S/C4H6O2.C2H8OSi/c1-3-4(5)6-2;1-4(2)3/h3H,1H2,2H3;3-4H,1-2H3. The molecule has 0 fully saturated rings. The minimum Gasteiger partial charge on any atom is -0.466 e. The van der Waals surface area contributed by atoms with Crippen LogP contribution in [0.5, 0.6) is 0 Å². The molecule has 0 unspecified atom stereocenters. The molecule has 0 aliphatic rings. The van der Waals surface area contributed by atoms with Crippen molar-refractivity contribution >= 4 is 15.0 Å². The monoisotopic (exact) mass is 162 g/mol. The van der Waals surface area contributed by atoms with Crippen LogP contribution in [0.3, 0.4) is 0 Å². The van der Waals surface area contributed by atoms with Crippen molar-refractivity contribution in [2.75, 3.05) is 7.11 Å². The molecule has 0 heterocycles. The SMILES string of the molecule is C=CC(=O)OC.C[SiH](C)O. The Morgan fingerprint density at radius 2 is 2.00 bits per heavy atom. The Morgan fingerprint density at radius 1 is 1.70 bits per heavy atom. The lowest BCUT2D eigenvalue weighted by atomic mass is 10.7. The van der Waals surface area contributed by atoms with E-state index >= 15 is 0 Å². The molecule has 10 heavy (non-hydrogen) atoms. The second kappa shape index (κ2) is 8.39. The summed E-state index contributed by atoms with van der Waals surface area (Å²) in [6, 6.07) is 0. The number of carbonyl (C=O) groups excluding carboxylic acids is 1. The first-order chi connectivity index (χ1) is 4.54. The highest BCUT2D eigenvalue weighted by molar-refractivity contribution is 6.46. The van der Waals surface area contributed by atoms with Gasteiger partial charge in [0.1, 0.15) is 0 Å². The number of rotatable bonds is 1. The van der Waals surface area contributed by atoms with Crippen LogP contribution in [0.1, 0.15) is 0 Å². The Morgan fingerprint density at radius 3 is 2.00 bits per heavy atom. The Bertz CT molecular complexity index is 98.4. The maximum Gasteiger partial charge on any atom is 0.329 e. The fourth-order valence-electron chi connectivity index (χ4n) is 0.0833. The van der Waals surface area contributed by atoms with Crippen LogP contribution in [0.2, 0.25) is 13.1 Å². The predicted molar refractivity (Wildman–Crippen MR) is 43.3 cm³/mol. The third-order valence-electron chi connectivity index (χ3n) is 0.368. The van der Waals surface area contributed by atoms with E-state index in [1.165, 1.54) is 7.11 Å². The highest BCUT2D eigenvalue weighted by Crippen LogP contribution is 1.67. The first kappa shape index (κ1) is 12.1. The molecule has 0 amide bonds. The van der Waals surface area contributed by atoms with E-state index in [1.54, 1.807) is 0 Å². The largest absolute Gasteiger partial charge is 0.466 e. The molecule has 0 saturated heterocycles. The minimum atomic E-state index is -1.14. The van der Waals surface area contributed by atoms with Gasteiger partial charge in [0.25, 0.3) is 0 Å². The number of carbonyl (C=O) groups is 1. The zero-order chi connectivity index (χ0) is 8.57. The molecule has 0 saturated carbocycles. The van der Waals surface area contributed by atoms with Gasteiger partial charge in [-0.25, -0.2) is 4.79 Å². The van der Waals surface area contributed by atoms with Crippen LogP contribution in [0.25, 0.3) is 0 Å². The van der Waals surface area contributed by atoms with Gasteiger partial charge in [-0.1, -0.05) is 6.58 Å². The van der Waals surface area contributed by atoms with Gasteiger partial charge in [0, 0.05) is 6.08 Å². The van der Waals surface area contributed by atoms with E-state index in [2.05, 4.69) is 11.3 Å². The zero-order valence-corrected chi connectivity index (χ0v) is 7.78. The van der Waals surface area contributed by atoms with Crippen LogP contribution in [-0.2, 0) is 9.53 Å². The molecule has 3 nitrogen and oxygen atoms in total. The van der Waals surface area contributed by atoms with Gasteiger partial charge in [-0.3, -0.25) is 0 Å². The molecule has 0 aromatic heterocycles. The van der Waals surface area contributed by atoms with Crippen molar-refractivity contribution in [2.45, 2.75) is 13.1 Å². The highest BCUT2D eigenvalue weighted by atomic mass is 28.3. The maximum absolute atomic E-state index is 9.84. The van der Waals surface area contributed by atoms with E-state index in [4.69, 9.17) is 4.80 Å². The summed E-state index contributed by atoms with van der Waals surface area (Å²) < 4.78 is 4.14. The van der Waals surface area contributed by atoms with E-state index in [-0.39, 0.29) is 0 Å². The predicted octanol–water partition coefficient (Wildman–Crippen LogP) is 0.307. The van der Waals surface area contributed by atoms with Crippen molar-refractivity contribution in [3.63, 3.8) is 0 Å². The summed E-state index contributed by atoms with van der Waals surface area (Å²) in [5.41, 5.74) is 0.